The molecular weight excluding hydrogens is 477 g/mol. The molecule has 1 aliphatic carbocycles. The van der Waals surface area contributed by atoms with Crippen LogP contribution in [0.4, 0.5) is 0 Å². The fourth-order valence-corrected chi connectivity index (χ4v) is 0.652. The van der Waals surface area contributed by atoms with Gasteiger partial charge in [0.15, 0.2) is 0 Å². The van der Waals surface area contributed by atoms with E-state index in [1.165, 1.54) is 4.47 Å². The molecule has 0 N–H and O–H groups in total. The second-order valence-electron chi connectivity index (χ2n) is 5.26. The Morgan fingerprint density at radius 2 is 1.00 bits per heavy atom. The summed E-state index contributed by atoms with van der Waals surface area (Å²) in [5.74, 6) is 0. The first kappa shape index (κ1) is 33.8. The summed E-state index contributed by atoms with van der Waals surface area (Å²) in [7, 11) is 1.14. The summed E-state index contributed by atoms with van der Waals surface area (Å²) in [5, 5.41) is 0. The van der Waals surface area contributed by atoms with E-state index in [9.17, 15) is 0 Å². The molecular formula is C14H32Br2FeP3. The van der Waals surface area contributed by atoms with E-state index < -0.39 is 0 Å². The third-order valence-corrected chi connectivity index (χ3v) is 1.13. The Morgan fingerprint density at radius 3 is 1.05 bits per heavy atom. The molecule has 0 aromatic carbocycles. The quantitative estimate of drug-likeness (QED) is 0.305. The molecule has 0 atom stereocenters. The average molecular weight is 509 g/mol. The number of halogens is 2. The molecule has 0 unspecified atom stereocenters. The minimum absolute atomic E-state index is 0. The normalized spacial score (nSPS) is 10.9. The topological polar surface area (TPSA) is 0 Å². The maximum absolute atomic E-state index is 3.74. The predicted molar refractivity (Wildman–Crippen MR) is 95.9 cm³/mol. The molecule has 6 heteroatoms. The van der Waals surface area contributed by atoms with Crippen LogP contribution in [0.15, 0.2) is 22.7 Å². The van der Waals surface area contributed by atoms with Gasteiger partial charge in [-0.1, -0.05) is 0 Å². The van der Waals surface area contributed by atoms with Crippen LogP contribution in [0.1, 0.15) is 6.42 Å². The van der Waals surface area contributed by atoms with Gasteiger partial charge >= 0.3 is 45.1 Å². The molecule has 0 saturated heterocycles. The van der Waals surface area contributed by atoms with Crippen LogP contribution in [0.3, 0.4) is 0 Å². The van der Waals surface area contributed by atoms with Crippen molar-refractivity contribution < 1.29 is 50.0 Å². The van der Waals surface area contributed by atoms with Crippen LogP contribution in [-0.2, 0) is 16.0 Å². The first-order valence-electron chi connectivity index (χ1n) is 5.92. The van der Waals surface area contributed by atoms with E-state index in [2.05, 4.69) is 82.1 Å². The third kappa shape index (κ3) is 87.7. The summed E-state index contributed by atoms with van der Waals surface area (Å²) in [6.45, 7) is 20.1. The van der Waals surface area contributed by atoms with Crippen molar-refractivity contribution in [2.24, 2.45) is 0 Å². The van der Waals surface area contributed by atoms with Crippen molar-refractivity contribution in [2.75, 3.05) is 60.0 Å². The molecule has 0 aliphatic heterocycles. The number of allylic oxidation sites excluding steroid dienone is 4. The van der Waals surface area contributed by atoms with Gasteiger partial charge in [0, 0.05) is 0 Å². The van der Waals surface area contributed by atoms with Gasteiger partial charge in [0.2, 0.25) is 0 Å². The molecule has 0 heterocycles. The first-order valence-corrected chi connectivity index (χ1v) is 14.5. The van der Waals surface area contributed by atoms with Crippen LogP contribution in [0.25, 0.3) is 0 Å². The van der Waals surface area contributed by atoms with Gasteiger partial charge < -0.3 is 34.0 Å². The molecule has 0 saturated carbocycles. The Morgan fingerprint density at radius 1 is 0.750 bits per heavy atom. The summed E-state index contributed by atoms with van der Waals surface area (Å²) in [6, 6.07) is 0. The van der Waals surface area contributed by atoms with Gasteiger partial charge in [0.25, 0.3) is 0 Å². The number of hydrogen-bond acceptors (Lipinski definition) is 0. The van der Waals surface area contributed by atoms with Gasteiger partial charge in [-0.05, 0) is 60.0 Å². The van der Waals surface area contributed by atoms with Crippen LogP contribution in [0.5, 0.6) is 0 Å². The molecule has 0 radical (unpaired) electrons. The van der Waals surface area contributed by atoms with Crippen molar-refractivity contribution in [1.82, 2.24) is 0 Å². The molecule has 1 aliphatic rings. The Hall–Kier alpha value is 2.25. The van der Waals surface area contributed by atoms with Crippen LogP contribution >= 0.6 is 23.8 Å². The van der Waals surface area contributed by atoms with Crippen molar-refractivity contribution in [3.63, 3.8) is 0 Å². The summed E-state index contributed by atoms with van der Waals surface area (Å²) in [5.41, 5.74) is 0. The molecule has 1 rings (SSSR count). The predicted octanol–water partition coefficient (Wildman–Crippen LogP) is -0.542. The Bertz CT molecular complexity index is 196. The summed E-state index contributed by atoms with van der Waals surface area (Å²) >= 11 is 3.74. The monoisotopic (exact) mass is 507 g/mol. The number of hydrogen-bond donors (Lipinski definition) is 0. The molecule has 0 bridgehead atoms. The van der Waals surface area contributed by atoms with Crippen LogP contribution in [0, 0.1) is 0 Å². The molecule has 125 valence electrons. The molecule has 0 nitrogen and oxygen atoms in total. The Labute approximate surface area is 162 Å². The van der Waals surface area contributed by atoms with E-state index in [0.29, 0.717) is 23.8 Å². The van der Waals surface area contributed by atoms with E-state index in [4.69, 9.17) is 0 Å². The van der Waals surface area contributed by atoms with Gasteiger partial charge in [-0.15, -0.1) is 23.8 Å². The second-order valence-corrected chi connectivity index (χ2v) is 14.0. The fourth-order valence-electron chi connectivity index (χ4n) is 0.416. The molecule has 0 aromatic rings. The van der Waals surface area contributed by atoms with E-state index >= 15 is 0 Å². The van der Waals surface area contributed by atoms with Gasteiger partial charge in [-0.3, -0.25) is 0 Å². The fraction of sp³-hybridized carbons (Fsp3) is 0.714. The van der Waals surface area contributed by atoms with Gasteiger partial charge in [0.1, 0.15) is 0 Å². The van der Waals surface area contributed by atoms with Gasteiger partial charge in [0.05, 0.1) is 0 Å². The van der Waals surface area contributed by atoms with E-state index in [1.807, 2.05) is 12.2 Å². The minimum atomic E-state index is 0. The molecule has 20 heavy (non-hydrogen) atoms. The third-order valence-electron chi connectivity index (χ3n) is 0.717. The molecule has 0 spiro atoms. The first-order chi connectivity index (χ1) is 8.09. The summed E-state index contributed by atoms with van der Waals surface area (Å²) in [4.78, 5) is 0. The van der Waals surface area contributed by atoms with Crippen molar-refractivity contribution >= 4 is 23.8 Å². The zero-order chi connectivity index (χ0) is 15.1. The van der Waals surface area contributed by atoms with Crippen LogP contribution < -0.4 is 34.0 Å². The molecule has 0 amide bonds. The maximum atomic E-state index is 3.74. The number of rotatable bonds is 0. The Balaban J connectivity index is -0.0000000496. The van der Waals surface area contributed by atoms with E-state index in [1.54, 1.807) is 0 Å². The zero-order valence-corrected chi connectivity index (χ0v) is 21.3. The SMILES string of the molecule is CP(C)C.CP(C)C.CP(C)C.[Br-].[Br-].[Fe+2][C]1=CC=CC1. The Kier molecular flexibility index (Phi) is 44.2. The summed E-state index contributed by atoms with van der Waals surface area (Å²) in [6.07, 6.45) is 7.21. The second kappa shape index (κ2) is 26.2. The van der Waals surface area contributed by atoms with Gasteiger partial charge in [-0.25, -0.2) is 0 Å². The van der Waals surface area contributed by atoms with Crippen molar-refractivity contribution in [1.29, 1.82) is 0 Å². The summed E-state index contributed by atoms with van der Waals surface area (Å²) < 4.78 is 1.22. The van der Waals surface area contributed by atoms with Crippen molar-refractivity contribution in [3.8, 4) is 0 Å². The van der Waals surface area contributed by atoms with Gasteiger partial charge in [-0.2, -0.15) is 0 Å². The van der Waals surface area contributed by atoms with E-state index in [-0.39, 0.29) is 34.0 Å². The van der Waals surface area contributed by atoms with E-state index in [0.717, 1.165) is 6.42 Å². The average Bonchev–Trinajstić information content (AvgIpc) is 2.51. The zero-order valence-electron chi connectivity index (χ0n) is 14.4. The van der Waals surface area contributed by atoms with Crippen molar-refractivity contribution in [2.45, 2.75) is 6.42 Å². The molecule has 0 aromatic heterocycles. The molecule has 0 fully saturated rings. The van der Waals surface area contributed by atoms with Crippen LogP contribution in [0.2, 0.25) is 0 Å². The van der Waals surface area contributed by atoms with Crippen molar-refractivity contribution in [3.05, 3.63) is 22.7 Å². The standard InChI is InChI=1S/C5H5.3C3H9P.2BrH.Fe/c1-2-4-5-3-1;3*1-4(2)3;;;/h1-3H,4H2;3*1-3H3;2*1H;/q;;;;;;+2/p-2. The van der Waals surface area contributed by atoms with Crippen LogP contribution in [-0.4, -0.2) is 60.0 Å².